The zero-order valence-electron chi connectivity index (χ0n) is 10.7. The molecule has 7 heteroatoms. The van der Waals surface area contributed by atoms with Gasteiger partial charge in [-0.25, -0.2) is 9.37 Å². The summed E-state index contributed by atoms with van der Waals surface area (Å²) in [5, 5.41) is 0. The first-order valence-corrected chi connectivity index (χ1v) is 5.90. The van der Waals surface area contributed by atoms with Crippen LogP contribution in [0.3, 0.4) is 0 Å². The van der Waals surface area contributed by atoms with Gasteiger partial charge in [-0.3, -0.25) is 4.57 Å². The van der Waals surface area contributed by atoms with Gasteiger partial charge >= 0.3 is 0 Å². The topological polar surface area (TPSA) is 82.5 Å². The van der Waals surface area contributed by atoms with E-state index in [1.54, 1.807) is 42.3 Å². The van der Waals surface area contributed by atoms with Crippen molar-refractivity contribution in [3.05, 3.63) is 48.3 Å². The fourth-order valence-electron chi connectivity index (χ4n) is 1.84. The number of nitrogens with two attached hydrogens (primary N) is 1. The maximum Gasteiger partial charge on any atom is 0.240 e. The predicted octanol–water partition coefficient (Wildman–Crippen LogP) is 1.75. The fourth-order valence-corrected chi connectivity index (χ4v) is 1.84. The quantitative estimate of drug-likeness (QED) is 0.767. The van der Waals surface area contributed by atoms with Gasteiger partial charge in [0.25, 0.3) is 0 Å². The Bertz CT molecular complexity index is 754. The minimum Gasteiger partial charge on any atom is -0.368 e. The second kappa shape index (κ2) is 4.69. The van der Waals surface area contributed by atoms with Crippen molar-refractivity contribution in [2.45, 2.75) is 6.92 Å². The SMILES string of the molecule is Cc1c(F)cccc1-c1nc(N)nc(-n2ccnc2)n1. The van der Waals surface area contributed by atoms with Crippen LogP contribution >= 0.6 is 0 Å². The highest BCUT2D eigenvalue weighted by atomic mass is 19.1. The molecule has 3 rings (SSSR count). The second-order valence-corrected chi connectivity index (χ2v) is 4.20. The molecule has 0 bridgehead atoms. The molecule has 0 aliphatic heterocycles. The molecule has 0 aliphatic rings. The van der Waals surface area contributed by atoms with Gasteiger partial charge < -0.3 is 5.73 Å². The number of nitrogens with zero attached hydrogens (tertiary/aromatic N) is 5. The molecule has 0 radical (unpaired) electrons. The molecule has 0 saturated heterocycles. The van der Waals surface area contributed by atoms with E-state index in [1.807, 2.05) is 0 Å². The van der Waals surface area contributed by atoms with Crippen LogP contribution in [0.25, 0.3) is 17.3 Å². The molecule has 20 heavy (non-hydrogen) atoms. The van der Waals surface area contributed by atoms with Crippen molar-refractivity contribution in [1.82, 2.24) is 24.5 Å². The molecule has 2 aromatic heterocycles. The lowest BCUT2D eigenvalue weighted by atomic mass is 10.1. The molecule has 0 fully saturated rings. The summed E-state index contributed by atoms with van der Waals surface area (Å²) in [4.78, 5) is 16.3. The van der Waals surface area contributed by atoms with Crippen LogP contribution in [-0.2, 0) is 0 Å². The zero-order valence-corrected chi connectivity index (χ0v) is 10.7. The molecule has 0 atom stereocenters. The number of rotatable bonds is 2. The van der Waals surface area contributed by atoms with Crippen molar-refractivity contribution in [2.75, 3.05) is 5.73 Å². The van der Waals surface area contributed by atoms with Crippen molar-refractivity contribution in [3.8, 4) is 17.3 Å². The van der Waals surface area contributed by atoms with Gasteiger partial charge in [-0.1, -0.05) is 12.1 Å². The van der Waals surface area contributed by atoms with E-state index >= 15 is 0 Å². The van der Waals surface area contributed by atoms with Gasteiger partial charge in [-0.2, -0.15) is 15.0 Å². The summed E-state index contributed by atoms with van der Waals surface area (Å²) in [5.41, 5.74) is 6.75. The summed E-state index contributed by atoms with van der Waals surface area (Å²) in [6, 6.07) is 4.74. The first-order chi connectivity index (χ1) is 9.65. The largest absolute Gasteiger partial charge is 0.368 e. The molecular weight excluding hydrogens is 259 g/mol. The summed E-state index contributed by atoms with van der Waals surface area (Å²) in [5.74, 6) is 0.430. The number of halogens is 1. The Morgan fingerprint density at radius 1 is 1.20 bits per heavy atom. The molecule has 0 unspecified atom stereocenters. The number of hydrogen-bond acceptors (Lipinski definition) is 5. The minimum atomic E-state index is -0.314. The van der Waals surface area contributed by atoms with Gasteiger partial charge in [-0.15, -0.1) is 0 Å². The highest BCUT2D eigenvalue weighted by Gasteiger charge is 2.12. The third-order valence-corrected chi connectivity index (χ3v) is 2.88. The zero-order chi connectivity index (χ0) is 14.1. The first-order valence-electron chi connectivity index (χ1n) is 5.90. The molecule has 2 N–H and O–H groups in total. The maximum absolute atomic E-state index is 13.6. The monoisotopic (exact) mass is 270 g/mol. The second-order valence-electron chi connectivity index (χ2n) is 4.20. The van der Waals surface area contributed by atoms with Gasteiger partial charge in [0.05, 0.1) is 0 Å². The Kier molecular flexibility index (Phi) is 2.86. The molecular formula is C13H11FN6. The van der Waals surface area contributed by atoms with E-state index < -0.39 is 0 Å². The van der Waals surface area contributed by atoms with Crippen molar-refractivity contribution < 1.29 is 4.39 Å². The fraction of sp³-hybridized carbons (Fsp3) is 0.0769. The highest BCUT2D eigenvalue weighted by molar-refractivity contribution is 5.61. The van der Waals surface area contributed by atoms with E-state index in [9.17, 15) is 4.39 Å². The number of nitrogen functional groups attached to an aromatic ring is 1. The molecule has 0 amide bonds. The van der Waals surface area contributed by atoms with Gasteiger partial charge in [0.2, 0.25) is 11.9 Å². The van der Waals surface area contributed by atoms with Crippen LogP contribution in [0.15, 0.2) is 36.9 Å². The Labute approximate surface area is 114 Å². The average Bonchev–Trinajstić information content (AvgIpc) is 2.95. The molecule has 1 aromatic carbocycles. The van der Waals surface area contributed by atoms with Crippen molar-refractivity contribution in [1.29, 1.82) is 0 Å². The van der Waals surface area contributed by atoms with Crippen LogP contribution in [0.1, 0.15) is 5.56 Å². The standard InChI is InChI=1S/C13H11FN6/c1-8-9(3-2-4-10(8)14)11-17-12(15)19-13(18-11)20-6-5-16-7-20/h2-7H,1H3,(H2,15,17,18,19). The predicted molar refractivity (Wildman–Crippen MR) is 71.5 cm³/mol. The van der Waals surface area contributed by atoms with Crippen molar-refractivity contribution in [2.24, 2.45) is 0 Å². The van der Waals surface area contributed by atoms with E-state index in [2.05, 4.69) is 19.9 Å². The van der Waals surface area contributed by atoms with Gasteiger partial charge in [0.1, 0.15) is 12.1 Å². The van der Waals surface area contributed by atoms with Crippen molar-refractivity contribution in [3.63, 3.8) is 0 Å². The lowest BCUT2D eigenvalue weighted by Gasteiger charge is -2.08. The summed E-state index contributed by atoms with van der Waals surface area (Å²) >= 11 is 0. The highest BCUT2D eigenvalue weighted by Crippen LogP contribution is 2.22. The third-order valence-electron chi connectivity index (χ3n) is 2.88. The van der Waals surface area contributed by atoms with Crippen LogP contribution in [0, 0.1) is 12.7 Å². The molecule has 6 nitrogen and oxygen atoms in total. The first kappa shape index (κ1) is 12.2. The summed E-state index contributed by atoms with van der Waals surface area (Å²) < 4.78 is 15.2. The lowest BCUT2D eigenvalue weighted by molar-refractivity contribution is 0.619. The number of anilines is 1. The Morgan fingerprint density at radius 3 is 2.80 bits per heavy atom. The van der Waals surface area contributed by atoms with Gasteiger partial charge in [-0.05, 0) is 18.6 Å². The van der Waals surface area contributed by atoms with Gasteiger partial charge in [0, 0.05) is 18.0 Å². The van der Waals surface area contributed by atoms with Crippen LogP contribution in [0.5, 0.6) is 0 Å². The van der Waals surface area contributed by atoms with E-state index in [0.29, 0.717) is 22.9 Å². The van der Waals surface area contributed by atoms with Crippen LogP contribution in [-0.4, -0.2) is 24.5 Å². The molecule has 0 aliphatic carbocycles. The summed E-state index contributed by atoms with van der Waals surface area (Å²) in [7, 11) is 0. The number of aromatic nitrogens is 5. The molecule has 0 saturated carbocycles. The Morgan fingerprint density at radius 2 is 2.05 bits per heavy atom. The molecule has 0 spiro atoms. The Hall–Kier alpha value is -2.83. The van der Waals surface area contributed by atoms with E-state index in [0.717, 1.165) is 0 Å². The van der Waals surface area contributed by atoms with E-state index in [4.69, 9.17) is 5.73 Å². The van der Waals surface area contributed by atoms with Crippen LogP contribution in [0.2, 0.25) is 0 Å². The molecule has 3 aromatic rings. The smallest absolute Gasteiger partial charge is 0.240 e. The van der Waals surface area contributed by atoms with E-state index in [1.165, 1.54) is 6.07 Å². The van der Waals surface area contributed by atoms with Crippen LogP contribution in [0.4, 0.5) is 10.3 Å². The van der Waals surface area contributed by atoms with Crippen LogP contribution < -0.4 is 5.73 Å². The Balaban J connectivity index is 2.17. The average molecular weight is 270 g/mol. The van der Waals surface area contributed by atoms with Gasteiger partial charge in [0.15, 0.2) is 5.82 Å². The number of benzene rings is 1. The number of imidazole rings is 1. The lowest BCUT2D eigenvalue weighted by Crippen LogP contribution is -2.07. The van der Waals surface area contributed by atoms with Crippen molar-refractivity contribution >= 4 is 5.95 Å². The molecule has 100 valence electrons. The minimum absolute atomic E-state index is 0.0716. The third kappa shape index (κ3) is 2.09. The normalized spacial score (nSPS) is 10.7. The summed E-state index contributed by atoms with van der Waals surface area (Å²) in [6.45, 7) is 1.67. The summed E-state index contributed by atoms with van der Waals surface area (Å²) in [6.07, 6.45) is 4.85. The number of hydrogen-bond donors (Lipinski definition) is 1. The molecule has 2 heterocycles. The maximum atomic E-state index is 13.6. The van der Waals surface area contributed by atoms with E-state index in [-0.39, 0.29) is 11.8 Å².